The third-order valence-corrected chi connectivity index (χ3v) is 3.71. The Hall–Kier alpha value is -0.740. The lowest BCUT2D eigenvalue weighted by Gasteiger charge is -2.29. The van der Waals surface area contributed by atoms with Crippen molar-refractivity contribution in [2.75, 3.05) is 13.1 Å². The summed E-state index contributed by atoms with van der Waals surface area (Å²) in [6.45, 7) is 4.93. The highest BCUT2D eigenvalue weighted by atomic mass is 32.1. The Labute approximate surface area is 94.1 Å². The van der Waals surface area contributed by atoms with Crippen LogP contribution >= 0.6 is 11.3 Å². The predicted molar refractivity (Wildman–Crippen MR) is 60.9 cm³/mol. The first-order valence-corrected chi connectivity index (χ1v) is 6.24. The van der Waals surface area contributed by atoms with Crippen molar-refractivity contribution in [1.82, 2.24) is 9.88 Å². The molecule has 0 spiro atoms. The highest BCUT2D eigenvalue weighted by molar-refractivity contribution is 7.09. The molecule has 0 amide bonds. The van der Waals surface area contributed by atoms with Gasteiger partial charge in [-0.3, -0.25) is 4.90 Å². The Kier molecular flexibility index (Phi) is 3.49. The van der Waals surface area contributed by atoms with Gasteiger partial charge in [0.2, 0.25) is 0 Å². The maximum Gasteiger partial charge on any atom is 0.124 e. The topological polar surface area (TPSA) is 33.2 Å². The molecule has 1 atom stereocenters. The summed E-state index contributed by atoms with van der Waals surface area (Å²) >= 11 is 1.71. The quantitative estimate of drug-likeness (QED) is 0.735. The summed E-state index contributed by atoms with van der Waals surface area (Å²) in [6, 6.07) is 0. The maximum absolute atomic E-state index is 10.7. The largest absolute Gasteiger partial charge is 0.303 e. The molecule has 2 heterocycles. The fraction of sp³-hybridized carbons (Fsp3) is 0.636. The van der Waals surface area contributed by atoms with E-state index in [2.05, 4.69) is 15.3 Å². The first-order valence-electron chi connectivity index (χ1n) is 5.36. The first-order chi connectivity index (χ1) is 7.28. The van der Waals surface area contributed by atoms with E-state index in [-0.39, 0.29) is 5.92 Å². The molecule has 0 aromatic carbocycles. The van der Waals surface area contributed by atoms with Gasteiger partial charge in [-0.05, 0) is 26.3 Å². The average Bonchev–Trinajstić information content (AvgIpc) is 2.64. The predicted octanol–water partition coefficient (Wildman–Crippen LogP) is 1.86. The molecule has 3 nitrogen and oxygen atoms in total. The minimum atomic E-state index is 0.236. The molecule has 1 aromatic rings. The van der Waals surface area contributed by atoms with E-state index >= 15 is 0 Å². The second kappa shape index (κ2) is 4.86. The van der Waals surface area contributed by atoms with Crippen LogP contribution in [0.5, 0.6) is 0 Å². The fourth-order valence-electron chi connectivity index (χ4n) is 2.01. The third kappa shape index (κ3) is 2.86. The van der Waals surface area contributed by atoms with Crippen molar-refractivity contribution in [1.29, 1.82) is 0 Å². The minimum absolute atomic E-state index is 0.236. The minimum Gasteiger partial charge on any atom is -0.303 e. The van der Waals surface area contributed by atoms with Crippen LogP contribution in [-0.2, 0) is 11.3 Å². The second-order valence-electron chi connectivity index (χ2n) is 4.16. The smallest absolute Gasteiger partial charge is 0.124 e. The van der Waals surface area contributed by atoms with Gasteiger partial charge in [-0.25, -0.2) is 4.98 Å². The van der Waals surface area contributed by atoms with E-state index in [4.69, 9.17) is 0 Å². The summed E-state index contributed by atoms with van der Waals surface area (Å²) in [5, 5.41) is 3.25. The van der Waals surface area contributed by atoms with Crippen molar-refractivity contribution in [2.45, 2.75) is 26.3 Å². The summed E-state index contributed by atoms with van der Waals surface area (Å²) in [6.07, 6.45) is 3.28. The number of hydrogen-bond donors (Lipinski definition) is 0. The second-order valence-corrected chi connectivity index (χ2v) is 5.10. The number of nitrogens with zero attached hydrogens (tertiary/aromatic N) is 2. The van der Waals surface area contributed by atoms with Crippen molar-refractivity contribution < 1.29 is 4.79 Å². The molecule has 1 saturated heterocycles. The van der Waals surface area contributed by atoms with Gasteiger partial charge in [0.1, 0.15) is 11.3 Å². The van der Waals surface area contributed by atoms with Gasteiger partial charge in [-0.1, -0.05) is 0 Å². The van der Waals surface area contributed by atoms with Gasteiger partial charge in [0.25, 0.3) is 0 Å². The monoisotopic (exact) mass is 224 g/mol. The van der Waals surface area contributed by atoms with E-state index in [1.54, 1.807) is 11.3 Å². The number of aldehydes is 1. The van der Waals surface area contributed by atoms with Gasteiger partial charge >= 0.3 is 0 Å². The molecular formula is C11H16N2OS. The molecule has 82 valence electrons. The number of likely N-dealkylation sites (tertiary alicyclic amines) is 1. The molecule has 15 heavy (non-hydrogen) atoms. The van der Waals surface area contributed by atoms with E-state index in [0.29, 0.717) is 0 Å². The zero-order valence-corrected chi connectivity index (χ0v) is 9.80. The van der Waals surface area contributed by atoms with Crippen LogP contribution in [0.1, 0.15) is 23.5 Å². The van der Waals surface area contributed by atoms with E-state index in [1.807, 2.05) is 6.92 Å². The van der Waals surface area contributed by atoms with Crippen LogP contribution < -0.4 is 0 Å². The SMILES string of the molecule is Cc1csc(CN2CCCC(C=O)C2)n1. The molecule has 1 unspecified atom stereocenters. The van der Waals surface area contributed by atoms with Gasteiger partial charge in [0, 0.05) is 23.5 Å². The van der Waals surface area contributed by atoms with E-state index in [0.717, 1.165) is 44.5 Å². The highest BCUT2D eigenvalue weighted by Gasteiger charge is 2.19. The average molecular weight is 224 g/mol. The first kappa shape index (κ1) is 10.8. The van der Waals surface area contributed by atoms with Gasteiger partial charge in [-0.15, -0.1) is 11.3 Å². The molecule has 0 N–H and O–H groups in total. The number of carbonyl (C=O) groups is 1. The van der Waals surface area contributed by atoms with Crippen LogP contribution in [0.3, 0.4) is 0 Å². The van der Waals surface area contributed by atoms with Gasteiger partial charge in [0.05, 0.1) is 6.54 Å². The van der Waals surface area contributed by atoms with Crippen molar-refractivity contribution in [2.24, 2.45) is 5.92 Å². The Morgan fingerprint density at radius 1 is 1.73 bits per heavy atom. The molecule has 2 rings (SSSR count). The molecule has 0 bridgehead atoms. The molecule has 1 aromatic heterocycles. The lowest BCUT2D eigenvalue weighted by molar-refractivity contribution is -0.112. The lowest BCUT2D eigenvalue weighted by Crippen LogP contribution is -2.35. The zero-order valence-electron chi connectivity index (χ0n) is 8.98. The summed E-state index contributed by atoms with van der Waals surface area (Å²) in [5.41, 5.74) is 1.10. The number of carbonyl (C=O) groups excluding carboxylic acids is 1. The third-order valence-electron chi connectivity index (χ3n) is 2.76. The van der Waals surface area contributed by atoms with Crippen LogP contribution in [0.2, 0.25) is 0 Å². The molecule has 1 aliphatic heterocycles. The van der Waals surface area contributed by atoms with Crippen LogP contribution in [0.25, 0.3) is 0 Å². The molecule has 4 heteroatoms. The number of aryl methyl sites for hydroxylation is 1. The maximum atomic E-state index is 10.7. The van der Waals surface area contributed by atoms with E-state index in [1.165, 1.54) is 5.01 Å². The number of thiazole rings is 1. The van der Waals surface area contributed by atoms with Crippen LogP contribution in [-0.4, -0.2) is 29.3 Å². The van der Waals surface area contributed by atoms with Crippen LogP contribution in [0.15, 0.2) is 5.38 Å². The Morgan fingerprint density at radius 3 is 3.27 bits per heavy atom. The number of piperidine rings is 1. The Balaban J connectivity index is 1.91. The lowest BCUT2D eigenvalue weighted by atomic mass is 10.00. The summed E-state index contributed by atoms with van der Waals surface area (Å²) in [5.74, 6) is 0.236. The van der Waals surface area contributed by atoms with Gasteiger partial charge in [0.15, 0.2) is 0 Å². The zero-order chi connectivity index (χ0) is 10.7. The Morgan fingerprint density at radius 2 is 2.60 bits per heavy atom. The molecule has 1 fully saturated rings. The van der Waals surface area contributed by atoms with Crippen molar-refractivity contribution in [3.63, 3.8) is 0 Å². The highest BCUT2D eigenvalue weighted by Crippen LogP contribution is 2.18. The summed E-state index contributed by atoms with van der Waals surface area (Å²) in [4.78, 5) is 17.5. The molecule has 0 saturated carbocycles. The van der Waals surface area contributed by atoms with E-state index in [9.17, 15) is 4.79 Å². The van der Waals surface area contributed by atoms with Crippen molar-refractivity contribution in [3.8, 4) is 0 Å². The van der Waals surface area contributed by atoms with Gasteiger partial charge < -0.3 is 4.79 Å². The summed E-state index contributed by atoms with van der Waals surface area (Å²) in [7, 11) is 0. The van der Waals surface area contributed by atoms with E-state index < -0.39 is 0 Å². The van der Waals surface area contributed by atoms with Crippen molar-refractivity contribution in [3.05, 3.63) is 16.1 Å². The normalized spacial score (nSPS) is 22.9. The standard InChI is InChI=1S/C11H16N2OS/c1-9-8-15-11(12-9)6-13-4-2-3-10(5-13)7-14/h7-8,10H,2-6H2,1H3. The summed E-state index contributed by atoms with van der Waals surface area (Å²) < 4.78 is 0. The number of aromatic nitrogens is 1. The van der Waals surface area contributed by atoms with Gasteiger partial charge in [-0.2, -0.15) is 0 Å². The fourth-order valence-corrected chi connectivity index (χ4v) is 2.83. The van der Waals surface area contributed by atoms with Crippen molar-refractivity contribution >= 4 is 17.6 Å². The van der Waals surface area contributed by atoms with Crippen LogP contribution in [0.4, 0.5) is 0 Å². The molecule has 1 aliphatic rings. The Bertz CT molecular complexity index is 337. The number of hydrogen-bond acceptors (Lipinski definition) is 4. The molecular weight excluding hydrogens is 208 g/mol. The van der Waals surface area contributed by atoms with Crippen LogP contribution in [0, 0.1) is 12.8 Å². The molecule has 0 radical (unpaired) electrons. The number of rotatable bonds is 3. The molecule has 0 aliphatic carbocycles.